The average Bonchev–Trinajstić information content (AvgIpc) is 3.37. The van der Waals surface area contributed by atoms with Crippen LogP contribution in [0.5, 0.6) is 5.75 Å². The lowest BCUT2D eigenvalue weighted by Gasteiger charge is -2.37. The number of ether oxygens (including phenoxy) is 2. The predicted octanol–water partition coefficient (Wildman–Crippen LogP) is 4.43. The summed E-state index contributed by atoms with van der Waals surface area (Å²) in [6.45, 7) is 4.52. The summed E-state index contributed by atoms with van der Waals surface area (Å²) in [7, 11) is 3.35. The number of nitrogens with zero attached hydrogens (tertiary/aromatic N) is 3. The van der Waals surface area contributed by atoms with E-state index in [-0.39, 0.29) is 5.78 Å². The molecule has 1 fully saturated rings. The second kappa shape index (κ2) is 9.20. The first-order valence-electron chi connectivity index (χ1n) is 12.2. The first-order valence-corrected chi connectivity index (χ1v) is 12.2. The van der Waals surface area contributed by atoms with E-state index in [2.05, 4.69) is 38.5 Å². The largest absolute Gasteiger partial charge is 0.497 e. The van der Waals surface area contributed by atoms with E-state index in [1.807, 2.05) is 36.4 Å². The topological polar surface area (TPSA) is 80.1 Å². The lowest BCUT2D eigenvalue weighted by Crippen LogP contribution is -2.46. The minimum Gasteiger partial charge on any atom is -0.497 e. The molecule has 6 rings (SSSR count). The van der Waals surface area contributed by atoms with Gasteiger partial charge in [0.05, 0.1) is 30.4 Å². The Bertz CT molecular complexity index is 1420. The van der Waals surface area contributed by atoms with Gasteiger partial charge in [-0.3, -0.25) is 4.79 Å². The van der Waals surface area contributed by atoms with Gasteiger partial charge in [0.15, 0.2) is 11.5 Å². The number of piperazine rings is 1. The number of ketones is 1. The second-order valence-electron chi connectivity index (χ2n) is 9.02. The lowest BCUT2D eigenvalue weighted by molar-refractivity contribution is 0.104. The molecular weight excluding hydrogens is 456 g/mol. The highest BCUT2D eigenvalue weighted by molar-refractivity contribution is 6.28. The van der Waals surface area contributed by atoms with Gasteiger partial charge in [-0.15, -0.1) is 0 Å². The summed E-state index contributed by atoms with van der Waals surface area (Å²) >= 11 is 0. The van der Waals surface area contributed by atoms with Crippen LogP contribution < -0.4 is 19.9 Å². The van der Waals surface area contributed by atoms with Gasteiger partial charge in [-0.05, 0) is 30.3 Å². The van der Waals surface area contributed by atoms with Crippen molar-refractivity contribution in [2.75, 3.05) is 68.7 Å². The van der Waals surface area contributed by atoms with Gasteiger partial charge in [0, 0.05) is 62.3 Å². The van der Waals surface area contributed by atoms with Crippen LogP contribution in [-0.4, -0.2) is 64.5 Å². The third kappa shape index (κ3) is 3.65. The smallest absolute Gasteiger partial charge is 0.196 e. The second-order valence-corrected chi connectivity index (χ2v) is 9.02. The summed E-state index contributed by atoms with van der Waals surface area (Å²) in [5, 5.41) is 8.70. The predicted molar refractivity (Wildman–Crippen MR) is 141 cm³/mol. The highest BCUT2D eigenvalue weighted by Gasteiger charge is 2.34. The molecular formula is C28H28N4O4. The van der Waals surface area contributed by atoms with Crippen LogP contribution in [0.25, 0.3) is 22.2 Å². The van der Waals surface area contributed by atoms with E-state index in [1.165, 1.54) is 5.69 Å². The summed E-state index contributed by atoms with van der Waals surface area (Å²) in [4.78, 5) is 18.3. The van der Waals surface area contributed by atoms with Gasteiger partial charge >= 0.3 is 0 Å². The molecule has 0 radical (unpaired) electrons. The molecule has 0 amide bonds. The molecule has 1 aromatic heterocycles. The molecule has 184 valence electrons. The number of benzene rings is 3. The minimum atomic E-state index is -0.0120. The Balaban J connectivity index is 1.37. The average molecular weight is 485 g/mol. The summed E-state index contributed by atoms with van der Waals surface area (Å²) in [6, 6.07) is 17.8. The number of carbonyl (C=O) groups is 1. The molecule has 0 saturated carbocycles. The van der Waals surface area contributed by atoms with Gasteiger partial charge in [0.25, 0.3) is 0 Å². The molecule has 36 heavy (non-hydrogen) atoms. The molecule has 0 atom stereocenters. The van der Waals surface area contributed by atoms with Crippen molar-refractivity contribution in [2.24, 2.45) is 0 Å². The van der Waals surface area contributed by atoms with E-state index in [0.717, 1.165) is 59.8 Å². The standard InChI is InChI=1S/C28H28N4O4/c1-34-16-11-29-22-17-23(32-14-12-31(13-15-32)18-7-9-19(35-2)10-8-18)26-25-24(22)27(33)20-5-3-4-6-21(20)28(25)36-30-26/h3-10,17,29H,11-16H2,1-2H3. The van der Waals surface area contributed by atoms with Crippen molar-refractivity contribution in [3.63, 3.8) is 0 Å². The van der Waals surface area contributed by atoms with Gasteiger partial charge in [-0.1, -0.05) is 29.4 Å². The van der Waals surface area contributed by atoms with Gasteiger partial charge < -0.3 is 29.1 Å². The van der Waals surface area contributed by atoms with E-state index >= 15 is 0 Å². The Morgan fingerprint density at radius 3 is 2.42 bits per heavy atom. The molecule has 2 heterocycles. The summed E-state index contributed by atoms with van der Waals surface area (Å²) in [5.74, 6) is 1.50. The van der Waals surface area contributed by atoms with Crippen LogP contribution in [0.1, 0.15) is 15.9 Å². The van der Waals surface area contributed by atoms with E-state index < -0.39 is 0 Å². The van der Waals surface area contributed by atoms with Crippen LogP contribution in [-0.2, 0) is 4.74 Å². The zero-order valence-electron chi connectivity index (χ0n) is 20.4. The first kappa shape index (κ1) is 22.4. The Hall–Kier alpha value is -4.04. The first-order chi connectivity index (χ1) is 17.7. The Morgan fingerprint density at radius 2 is 1.69 bits per heavy atom. The van der Waals surface area contributed by atoms with Gasteiger partial charge in [0.2, 0.25) is 0 Å². The van der Waals surface area contributed by atoms with Crippen molar-refractivity contribution in [2.45, 2.75) is 0 Å². The molecule has 0 unspecified atom stereocenters. The molecule has 0 bridgehead atoms. The molecule has 4 aromatic rings. The number of nitrogens with one attached hydrogen (secondary N) is 1. The zero-order valence-corrected chi connectivity index (χ0v) is 20.4. The number of rotatable bonds is 7. The monoisotopic (exact) mass is 484 g/mol. The highest BCUT2D eigenvalue weighted by atomic mass is 16.5. The fourth-order valence-corrected chi connectivity index (χ4v) is 5.21. The van der Waals surface area contributed by atoms with Crippen molar-refractivity contribution in [3.05, 3.63) is 65.7 Å². The number of methoxy groups -OCH3 is 2. The van der Waals surface area contributed by atoms with Crippen LogP contribution >= 0.6 is 0 Å². The zero-order chi connectivity index (χ0) is 24.6. The van der Waals surface area contributed by atoms with Crippen LogP contribution in [0.15, 0.2) is 59.1 Å². The Morgan fingerprint density at radius 1 is 0.972 bits per heavy atom. The fraction of sp³-hybridized carbons (Fsp3) is 0.286. The van der Waals surface area contributed by atoms with Gasteiger partial charge in [0.1, 0.15) is 11.3 Å². The summed E-state index contributed by atoms with van der Waals surface area (Å²) in [6.07, 6.45) is 0. The van der Waals surface area contributed by atoms with Crippen molar-refractivity contribution in [1.82, 2.24) is 5.16 Å². The van der Waals surface area contributed by atoms with Crippen molar-refractivity contribution in [3.8, 4) is 17.1 Å². The summed E-state index contributed by atoms with van der Waals surface area (Å²) < 4.78 is 16.4. The van der Waals surface area contributed by atoms with Crippen molar-refractivity contribution in [1.29, 1.82) is 0 Å². The number of anilines is 3. The maximum Gasteiger partial charge on any atom is 0.196 e. The number of hydrogen-bond donors (Lipinski definition) is 1. The SMILES string of the molecule is COCCNc1cc(N2CCN(c3ccc(OC)cc3)CC2)c2noc3c2c1C(=O)c1ccccc1-3. The minimum absolute atomic E-state index is 0.0120. The molecule has 3 aromatic carbocycles. The highest BCUT2D eigenvalue weighted by Crippen LogP contribution is 2.45. The van der Waals surface area contributed by atoms with E-state index in [0.29, 0.717) is 30.0 Å². The van der Waals surface area contributed by atoms with Crippen LogP contribution in [0.3, 0.4) is 0 Å². The molecule has 1 saturated heterocycles. The third-order valence-electron chi connectivity index (χ3n) is 7.06. The molecule has 1 N–H and O–H groups in total. The Kier molecular flexibility index (Phi) is 5.73. The number of fused-ring (bicyclic) bond motifs is 2. The van der Waals surface area contributed by atoms with Crippen molar-refractivity contribution < 1.29 is 18.8 Å². The third-order valence-corrected chi connectivity index (χ3v) is 7.06. The Labute approximate surface area is 209 Å². The van der Waals surface area contributed by atoms with E-state index in [1.54, 1.807) is 14.2 Å². The maximum atomic E-state index is 13.6. The normalized spacial score (nSPS) is 14.8. The number of carbonyl (C=O) groups excluding carboxylic acids is 1. The molecule has 2 aliphatic rings. The molecule has 8 heteroatoms. The van der Waals surface area contributed by atoms with E-state index in [4.69, 9.17) is 14.0 Å². The van der Waals surface area contributed by atoms with Crippen LogP contribution in [0.2, 0.25) is 0 Å². The van der Waals surface area contributed by atoms with Crippen LogP contribution in [0.4, 0.5) is 17.1 Å². The molecule has 0 spiro atoms. The quantitative estimate of drug-likeness (QED) is 0.340. The summed E-state index contributed by atoms with van der Waals surface area (Å²) in [5.41, 5.74) is 5.73. The van der Waals surface area contributed by atoms with E-state index in [9.17, 15) is 4.79 Å². The number of hydrogen-bond acceptors (Lipinski definition) is 8. The molecule has 8 nitrogen and oxygen atoms in total. The molecule has 1 aliphatic carbocycles. The van der Waals surface area contributed by atoms with Crippen molar-refractivity contribution >= 4 is 33.7 Å². The molecule has 1 aliphatic heterocycles. The van der Waals surface area contributed by atoms with Crippen LogP contribution in [0, 0.1) is 0 Å². The van der Waals surface area contributed by atoms with Gasteiger partial charge in [-0.25, -0.2) is 0 Å². The number of aromatic nitrogens is 1. The maximum absolute atomic E-state index is 13.6. The van der Waals surface area contributed by atoms with Gasteiger partial charge in [-0.2, -0.15) is 0 Å². The fourth-order valence-electron chi connectivity index (χ4n) is 5.21. The lowest BCUT2D eigenvalue weighted by atomic mass is 9.86.